The first kappa shape index (κ1) is 62.6. The van der Waals surface area contributed by atoms with Gasteiger partial charge in [0.05, 0.1) is 88.1 Å². The minimum Gasteiger partial charge on any atom is -0.467 e. The van der Waals surface area contributed by atoms with E-state index in [0.29, 0.717) is 104 Å². The van der Waals surface area contributed by atoms with Crippen molar-refractivity contribution in [3.8, 4) is 69.6 Å². The molecule has 4 aliphatic heterocycles. The van der Waals surface area contributed by atoms with E-state index in [9.17, 15) is 30.2 Å². The summed E-state index contributed by atoms with van der Waals surface area (Å²) in [4.78, 5) is 68.2. The molecule has 3 aromatic carbocycles. The number of aryl methyl sites for hydroxylation is 6. The van der Waals surface area contributed by atoms with E-state index in [2.05, 4.69) is 63.4 Å². The molecule has 15 rings (SSSR count). The molecular weight excluding hydrogens is 1200 g/mol. The SMILES string of the molecule is Cc1ccc2c(c1)[C@@H](C)Oc1nc(cnc1N)-c1c(nn(C)c1C#N)CC1(CC1)C2=O.Cc1ccc2c(c1)[C@@H](C)Oc1nc(cnc1N)-c1c(nn(C)c1C#N)CC1(CCC1)C2=O.Cc1ccc2c(c1)[C@@H](C)Oc1nc(cnc1N)-c1c(nn(C)c1C#N)CC1(COC1)C2=O. The van der Waals surface area contributed by atoms with Crippen LogP contribution in [-0.2, 0) is 45.1 Å². The van der Waals surface area contributed by atoms with Crippen LogP contribution < -0.4 is 31.4 Å². The first-order chi connectivity index (χ1) is 45.5. The number of hydrogen-bond acceptors (Lipinski definition) is 22. The fourth-order valence-corrected chi connectivity index (χ4v) is 13.6. The van der Waals surface area contributed by atoms with Crippen LogP contribution in [0.5, 0.6) is 17.6 Å². The molecule has 6 aromatic heterocycles. The van der Waals surface area contributed by atoms with Crippen LogP contribution in [0.1, 0.15) is 170 Å². The van der Waals surface area contributed by atoms with Crippen LogP contribution in [0.2, 0.25) is 0 Å². The Morgan fingerprint density at radius 1 is 0.474 bits per heavy atom. The number of nitrogen functional groups attached to an aromatic ring is 3. The molecule has 10 heterocycles. The quantitative estimate of drug-likeness (QED) is 0.127. The van der Waals surface area contributed by atoms with E-state index in [-0.39, 0.29) is 65.7 Å². The summed E-state index contributed by atoms with van der Waals surface area (Å²) in [6.07, 6.45) is 8.48. The number of aromatic nitrogens is 12. The third kappa shape index (κ3) is 10.9. The Balaban J connectivity index is 0.000000129. The smallest absolute Gasteiger partial charge is 0.258 e. The van der Waals surface area contributed by atoms with Gasteiger partial charge in [0, 0.05) is 84.6 Å². The molecule has 0 amide bonds. The highest BCUT2D eigenvalue weighted by atomic mass is 16.5. The molecular formula is C70H68N18O7. The molecule has 3 spiro atoms. The lowest BCUT2D eigenvalue weighted by atomic mass is 9.61. The molecule has 6 bridgehead atoms. The summed E-state index contributed by atoms with van der Waals surface area (Å²) in [7, 11) is 5.13. The van der Waals surface area contributed by atoms with Crippen LogP contribution in [0.3, 0.4) is 0 Å². The van der Waals surface area contributed by atoms with Gasteiger partial charge in [-0.1, -0.05) is 77.7 Å². The summed E-state index contributed by atoms with van der Waals surface area (Å²) < 4.78 is 28.5. The topological polar surface area (TPSA) is 368 Å². The Morgan fingerprint density at radius 2 is 0.779 bits per heavy atom. The number of anilines is 3. The highest BCUT2D eigenvalue weighted by Gasteiger charge is 2.53. The number of Topliss-reactive ketones (excluding diaryl/α,β-unsaturated/α-hetero) is 3. The van der Waals surface area contributed by atoms with Crippen LogP contribution in [0.15, 0.2) is 73.2 Å². The average Bonchev–Trinajstić information content (AvgIpc) is 1.73. The van der Waals surface area contributed by atoms with Gasteiger partial charge in [-0.2, -0.15) is 31.1 Å². The minimum absolute atomic E-state index is 0.0207. The maximum absolute atomic E-state index is 13.9. The summed E-state index contributed by atoms with van der Waals surface area (Å²) in [5.41, 5.74) is 29.7. The zero-order valence-corrected chi connectivity index (χ0v) is 54.0. The van der Waals surface area contributed by atoms with Gasteiger partial charge in [0.15, 0.2) is 34.8 Å². The van der Waals surface area contributed by atoms with Crippen LogP contribution >= 0.6 is 0 Å². The molecule has 3 fully saturated rings. The number of rotatable bonds is 0. The van der Waals surface area contributed by atoms with Gasteiger partial charge in [-0.05, 0) is 67.2 Å². The van der Waals surface area contributed by atoms with Gasteiger partial charge in [0.25, 0.3) is 17.6 Å². The molecule has 9 aromatic rings. The van der Waals surface area contributed by atoms with E-state index in [1.807, 2.05) is 96.1 Å². The third-order valence-electron chi connectivity index (χ3n) is 19.2. The number of fused-ring (bicyclic) bond motifs is 15. The molecule has 0 unspecified atom stereocenters. The van der Waals surface area contributed by atoms with E-state index in [4.69, 9.17) is 36.1 Å². The number of carbonyl (C=O) groups is 3. The van der Waals surface area contributed by atoms with Crippen molar-refractivity contribution < 1.29 is 33.3 Å². The molecule has 2 aliphatic carbocycles. The second-order valence-corrected chi connectivity index (χ2v) is 25.8. The van der Waals surface area contributed by atoms with E-state index in [1.165, 1.54) is 28.0 Å². The zero-order chi connectivity index (χ0) is 67.2. The maximum atomic E-state index is 13.9. The molecule has 25 heteroatoms. The number of benzene rings is 3. The lowest BCUT2D eigenvalue weighted by Crippen LogP contribution is -2.51. The molecule has 25 nitrogen and oxygen atoms in total. The first-order valence-electron chi connectivity index (χ1n) is 31.3. The summed E-state index contributed by atoms with van der Waals surface area (Å²) in [6, 6.07) is 24.0. The lowest BCUT2D eigenvalue weighted by Gasteiger charge is -2.41. The van der Waals surface area contributed by atoms with Gasteiger partial charge in [-0.3, -0.25) is 28.4 Å². The third-order valence-corrected chi connectivity index (χ3v) is 19.2. The highest BCUT2D eigenvalue weighted by Crippen LogP contribution is 2.54. The van der Waals surface area contributed by atoms with Gasteiger partial charge >= 0.3 is 0 Å². The molecule has 1 saturated heterocycles. The standard InChI is InChI=1S/C24H24N6O2.C23H22N6O3.C23H22N6O2/c1-13-5-6-15-16(9-13)14(2)32-23-22(26)27-12-18(28-23)20-17(29-30(3)19(20)11-25)10-24(21(15)31)7-4-8-24;1-12-4-5-14-15(6-12)13(2)32-22-21(25)26-9-17(27-22)19-16(28-29(3)18(19)8-24)7-23(20(14)30)10-31-11-23;1-12-4-5-14-15(8-12)13(2)31-22-21(25)26-11-17(27-22)19-16(28-29(3)18(19)10-24)9-23(6-7-23)20(14)30/h5-6,9,12,14H,4,7-8,10H2,1-3H3,(H2,26,27);4-6,9,13H,7,10-11H2,1-3H3,(H2,25,26);4-5,8,11,13H,6-7,9H2,1-3H3,(H2,25,26)/t14-;2*13-/m111/s1. The normalized spacial score (nSPS) is 18.9. The Labute approximate surface area is 546 Å². The Kier molecular flexibility index (Phi) is 15.6. The van der Waals surface area contributed by atoms with Crippen molar-refractivity contribution in [1.29, 1.82) is 15.8 Å². The number of nitrogens with two attached hydrogens (primary N) is 3. The predicted octanol–water partition coefficient (Wildman–Crippen LogP) is 9.52. The summed E-state index contributed by atoms with van der Waals surface area (Å²) >= 11 is 0. The van der Waals surface area contributed by atoms with Gasteiger partial charge in [-0.25, -0.2) is 29.9 Å². The molecule has 0 radical (unpaired) electrons. The highest BCUT2D eigenvalue weighted by molar-refractivity contribution is 6.05. The summed E-state index contributed by atoms with van der Waals surface area (Å²) in [5, 5.41) is 43.1. The number of ketones is 3. The van der Waals surface area contributed by atoms with Crippen molar-refractivity contribution in [1.82, 2.24) is 59.2 Å². The van der Waals surface area contributed by atoms with Crippen molar-refractivity contribution in [2.24, 2.45) is 37.4 Å². The molecule has 480 valence electrons. The molecule has 3 atom stereocenters. The fourth-order valence-electron chi connectivity index (χ4n) is 13.6. The number of ether oxygens (including phenoxy) is 4. The zero-order valence-electron chi connectivity index (χ0n) is 54.0. The van der Waals surface area contributed by atoms with Crippen molar-refractivity contribution in [3.05, 3.63) is 157 Å². The van der Waals surface area contributed by atoms with Gasteiger partial charge in [0.1, 0.15) is 53.6 Å². The van der Waals surface area contributed by atoms with E-state index in [1.54, 1.807) is 25.8 Å². The summed E-state index contributed by atoms with van der Waals surface area (Å²) in [5.74, 6) is 1.10. The lowest BCUT2D eigenvalue weighted by molar-refractivity contribution is -0.0870. The van der Waals surface area contributed by atoms with E-state index < -0.39 is 34.6 Å². The minimum atomic E-state index is -0.775. The average molecular weight is 1270 g/mol. The second-order valence-electron chi connectivity index (χ2n) is 25.8. The molecule has 2 saturated carbocycles. The number of hydrogen-bond donors (Lipinski definition) is 3. The van der Waals surface area contributed by atoms with Crippen molar-refractivity contribution >= 4 is 34.8 Å². The summed E-state index contributed by atoms with van der Waals surface area (Å²) in [6.45, 7) is 12.1. The van der Waals surface area contributed by atoms with Gasteiger partial charge < -0.3 is 36.1 Å². The van der Waals surface area contributed by atoms with Crippen LogP contribution in [0.4, 0.5) is 17.5 Å². The van der Waals surface area contributed by atoms with Crippen LogP contribution in [-0.4, -0.2) is 89.8 Å². The van der Waals surface area contributed by atoms with Crippen molar-refractivity contribution in [3.63, 3.8) is 0 Å². The number of nitriles is 3. The Hall–Kier alpha value is -11.2. The van der Waals surface area contributed by atoms with E-state index >= 15 is 0 Å². The fraction of sp³-hybridized carbons (Fsp3) is 0.357. The molecule has 6 N–H and O–H groups in total. The monoisotopic (exact) mass is 1270 g/mol. The van der Waals surface area contributed by atoms with E-state index in [0.717, 1.165) is 65.5 Å². The Morgan fingerprint density at radius 3 is 1.05 bits per heavy atom. The van der Waals surface area contributed by atoms with Gasteiger partial charge in [0.2, 0.25) is 0 Å². The first-order valence-corrected chi connectivity index (χ1v) is 31.3. The van der Waals surface area contributed by atoms with Gasteiger partial charge in [-0.15, -0.1) is 0 Å². The second kappa shape index (κ2) is 23.7. The largest absolute Gasteiger partial charge is 0.467 e. The van der Waals surface area contributed by atoms with Crippen LogP contribution in [0, 0.1) is 71.0 Å². The maximum Gasteiger partial charge on any atom is 0.258 e. The number of nitrogens with zero attached hydrogens (tertiary/aromatic N) is 15. The van der Waals surface area contributed by atoms with Crippen molar-refractivity contribution in [2.45, 2.75) is 111 Å². The predicted molar refractivity (Wildman–Crippen MR) is 346 cm³/mol. The molecule has 95 heavy (non-hydrogen) atoms. The van der Waals surface area contributed by atoms with Crippen LogP contribution in [0.25, 0.3) is 33.8 Å². The Bertz CT molecular complexity index is 4630. The van der Waals surface area contributed by atoms with Crippen molar-refractivity contribution in [2.75, 3.05) is 30.4 Å². The number of carbonyl (C=O) groups excluding carboxylic acids is 3. The molecule has 6 aliphatic rings.